The van der Waals surface area contributed by atoms with Crippen LogP contribution in [0.3, 0.4) is 0 Å². The molecule has 0 spiro atoms. The van der Waals surface area contributed by atoms with E-state index in [1.807, 2.05) is 0 Å². The first-order chi connectivity index (χ1) is 28.8. The molecule has 3 N–H and O–H groups in total. The fraction of sp³-hybridized carbons (Fsp3) is 0.833. The molecule has 0 heterocycles. The maximum atomic E-state index is 12.4. The number of hydrogen-bond acceptors (Lipinski definition) is 9. The summed E-state index contributed by atoms with van der Waals surface area (Å²) >= 11 is 0. The van der Waals surface area contributed by atoms with Crippen LogP contribution >= 0.6 is 7.82 Å². The van der Waals surface area contributed by atoms with Gasteiger partial charge in [-0.15, -0.1) is 0 Å². The third-order valence-corrected chi connectivity index (χ3v) is 11.3. The van der Waals surface area contributed by atoms with Gasteiger partial charge in [-0.05, 0) is 70.6 Å². The molecule has 0 saturated carbocycles. The predicted molar refractivity (Wildman–Crippen MR) is 242 cm³/mol. The maximum absolute atomic E-state index is 12.4. The number of hydrogen-bond donors (Lipinski definition) is 3. The number of aliphatic hydroxyl groups excluding tert-OH is 2. The Balaban J connectivity index is 3.88. The third-order valence-electron chi connectivity index (χ3n) is 10.3. The highest BCUT2D eigenvalue weighted by atomic mass is 31.2. The highest BCUT2D eigenvalue weighted by Gasteiger charge is 2.27. The van der Waals surface area contributed by atoms with Crippen LogP contribution in [-0.4, -0.2) is 65.7 Å². The Kier molecular flexibility index (Phi) is 42.9. The molecule has 0 fully saturated rings. The molecule has 11 heteroatoms. The van der Waals surface area contributed by atoms with E-state index in [9.17, 15) is 29.3 Å². The van der Waals surface area contributed by atoms with Crippen molar-refractivity contribution in [2.75, 3.05) is 26.4 Å². The molecule has 59 heavy (non-hydrogen) atoms. The lowest BCUT2D eigenvalue weighted by Gasteiger charge is -2.20. The Hall–Kier alpha value is -1.81. The summed E-state index contributed by atoms with van der Waals surface area (Å²) in [6, 6.07) is 0. The number of phosphoric ester groups is 1. The van der Waals surface area contributed by atoms with Gasteiger partial charge in [-0.1, -0.05) is 172 Å². The van der Waals surface area contributed by atoms with Crippen LogP contribution in [0.2, 0.25) is 0 Å². The van der Waals surface area contributed by atoms with E-state index in [-0.39, 0.29) is 12.8 Å². The van der Waals surface area contributed by atoms with E-state index in [1.165, 1.54) is 109 Å². The van der Waals surface area contributed by atoms with Gasteiger partial charge >= 0.3 is 19.8 Å². The van der Waals surface area contributed by atoms with Gasteiger partial charge in [-0.3, -0.25) is 18.6 Å². The molecule has 0 aliphatic carbocycles. The third kappa shape index (κ3) is 42.7. The SMILES string of the molecule is CCCCCCC/C=C\C/C=C\CCCCCCCCCCCC(=O)OC(CO)COP(=O)(O)OCC(CO)OC(=O)CCCCCCC/C=C\CCCCCCCC. The number of aliphatic hydroxyl groups is 2. The van der Waals surface area contributed by atoms with Crippen LogP contribution in [0.4, 0.5) is 0 Å². The zero-order chi connectivity index (χ0) is 43.3. The van der Waals surface area contributed by atoms with Crippen LogP contribution in [0, 0.1) is 0 Å². The number of rotatable bonds is 45. The van der Waals surface area contributed by atoms with Crippen molar-refractivity contribution >= 4 is 19.8 Å². The molecule has 3 unspecified atom stereocenters. The first-order valence-corrected chi connectivity index (χ1v) is 25.4. The Morgan fingerprint density at radius 3 is 1.07 bits per heavy atom. The molecule has 0 aromatic heterocycles. The van der Waals surface area contributed by atoms with Crippen molar-refractivity contribution < 1.29 is 47.8 Å². The number of esters is 2. The molecule has 0 radical (unpaired) electrons. The van der Waals surface area contributed by atoms with Gasteiger partial charge in [0.15, 0.2) is 0 Å². The number of carbonyl (C=O) groups excluding carboxylic acids is 2. The van der Waals surface area contributed by atoms with Crippen LogP contribution in [0.15, 0.2) is 36.5 Å². The number of allylic oxidation sites excluding steroid dienone is 6. The number of ether oxygens (including phenoxy) is 2. The van der Waals surface area contributed by atoms with Crippen LogP contribution in [0.25, 0.3) is 0 Å². The lowest BCUT2D eigenvalue weighted by Crippen LogP contribution is -2.28. The van der Waals surface area contributed by atoms with Gasteiger partial charge < -0.3 is 24.6 Å². The van der Waals surface area contributed by atoms with E-state index >= 15 is 0 Å². The van der Waals surface area contributed by atoms with Crippen molar-refractivity contribution in [3.05, 3.63) is 36.5 Å². The van der Waals surface area contributed by atoms with E-state index < -0.39 is 58.4 Å². The fourth-order valence-electron chi connectivity index (χ4n) is 6.61. The molecule has 0 aliphatic rings. The lowest BCUT2D eigenvalue weighted by atomic mass is 10.1. The van der Waals surface area contributed by atoms with Crippen molar-refractivity contribution in [1.82, 2.24) is 0 Å². The Labute approximate surface area is 361 Å². The van der Waals surface area contributed by atoms with E-state index in [2.05, 4.69) is 50.3 Å². The second kappa shape index (κ2) is 44.3. The quantitative estimate of drug-likeness (QED) is 0.0234. The number of phosphoric acid groups is 1. The van der Waals surface area contributed by atoms with Crippen molar-refractivity contribution in [3.8, 4) is 0 Å². The van der Waals surface area contributed by atoms with Gasteiger partial charge in [0.2, 0.25) is 0 Å². The minimum atomic E-state index is -4.64. The summed E-state index contributed by atoms with van der Waals surface area (Å²) in [4.78, 5) is 34.6. The Morgan fingerprint density at radius 1 is 0.458 bits per heavy atom. The van der Waals surface area contributed by atoms with Crippen LogP contribution < -0.4 is 0 Å². The first kappa shape index (κ1) is 57.2. The molecular weight excluding hydrogens is 767 g/mol. The number of unbranched alkanes of at least 4 members (excludes halogenated alkanes) is 25. The second-order valence-electron chi connectivity index (χ2n) is 16.1. The normalized spacial score (nSPS) is 14.1. The van der Waals surface area contributed by atoms with Crippen LogP contribution in [0.1, 0.15) is 219 Å². The standard InChI is InChI=1S/C48H89O10P/c1-3-5-7-9-11-13-15-17-19-20-21-22-23-24-26-28-30-32-34-36-38-40-48(52)58-46(42-50)44-56-59(53,54)55-43-45(41-49)57-47(51)39-37-35-33-31-29-27-25-18-16-14-12-10-8-6-4-2/h15,17-18,20-21,25,45-46,49-50H,3-14,16,19,22-24,26-44H2,1-2H3,(H,53,54)/b17-15-,21-20-,25-18-. The highest BCUT2D eigenvalue weighted by molar-refractivity contribution is 7.47. The molecule has 0 aromatic carbocycles. The minimum absolute atomic E-state index is 0.183. The molecule has 0 amide bonds. The van der Waals surface area contributed by atoms with Gasteiger partial charge in [0, 0.05) is 12.8 Å². The van der Waals surface area contributed by atoms with E-state index in [1.54, 1.807) is 0 Å². The average Bonchev–Trinajstić information content (AvgIpc) is 3.22. The van der Waals surface area contributed by atoms with Crippen molar-refractivity contribution in [2.24, 2.45) is 0 Å². The Morgan fingerprint density at radius 2 is 0.746 bits per heavy atom. The van der Waals surface area contributed by atoms with Crippen molar-refractivity contribution in [3.63, 3.8) is 0 Å². The summed E-state index contributed by atoms with van der Waals surface area (Å²) in [7, 11) is -4.64. The largest absolute Gasteiger partial charge is 0.472 e. The van der Waals surface area contributed by atoms with E-state index in [0.29, 0.717) is 12.8 Å². The molecule has 0 bridgehead atoms. The lowest BCUT2D eigenvalue weighted by molar-refractivity contribution is -0.153. The summed E-state index contributed by atoms with van der Waals surface area (Å²) in [5, 5.41) is 19.2. The molecule has 0 aromatic rings. The fourth-order valence-corrected chi connectivity index (χ4v) is 7.39. The van der Waals surface area contributed by atoms with E-state index in [0.717, 1.165) is 70.6 Å². The van der Waals surface area contributed by atoms with E-state index in [4.69, 9.17) is 18.5 Å². The van der Waals surface area contributed by atoms with Crippen LogP contribution in [-0.2, 0) is 32.7 Å². The summed E-state index contributed by atoms with van der Waals surface area (Å²) in [5.41, 5.74) is 0. The topological polar surface area (TPSA) is 149 Å². The summed E-state index contributed by atoms with van der Waals surface area (Å²) in [6.07, 6.45) is 46.8. The zero-order valence-corrected chi connectivity index (χ0v) is 38.6. The van der Waals surface area contributed by atoms with Gasteiger partial charge in [0.05, 0.1) is 26.4 Å². The maximum Gasteiger partial charge on any atom is 0.472 e. The molecule has 0 rings (SSSR count). The molecule has 0 saturated heterocycles. The number of carbonyl (C=O) groups is 2. The minimum Gasteiger partial charge on any atom is -0.457 e. The van der Waals surface area contributed by atoms with Crippen molar-refractivity contribution in [1.29, 1.82) is 0 Å². The first-order valence-electron chi connectivity index (χ1n) is 23.9. The average molecular weight is 857 g/mol. The van der Waals surface area contributed by atoms with Gasteiger partial charge in [-0.25, -0.2) is 4.57 Å². The van der Waals surface area contributed by atoms with Crippen molar-refractivity contribution in [2.45, 2.75) is 232 Å². The second-order valence-corrected chi connectivity index (χ2v) is 17.5. The van der Waals surface area contributed by atoms with Gasteiger partial charge in [0.1, 0.15) is 12.2 Å². The molecule has 3 atom stereocenters. The Bertz CT molecular complexity index is 1080. The monoisotopic (exact) mass is 857 g/mol. The van der Waals surface area contributed by atoms with Gasteiger partial charge in [0.25, 0.3) is 0 Å². The summed E-state index contributed by atoms with van der Waals surface area (Å²) < 4.78 is 32.6. The molecular formula is C48H89O10P. The van der Waals surface area contributed by atoms with Gasteiger partial charge in [-0.2, -0.15) is 0 Å². The van der Waals surface area contributed by atoms with Crippen LogP contribution in [0.5, 0.6) is 0 Å². The smallest absolute Gasteiger partial charge is 0.457 e. The molecule has 346 valence electrons. The molecule has 0 aliphatic heterocycles. The zero-order valence-electron chi connectivity index (χ0n) is 37.7. The predicted octanol–water partition coefficient (Wildman–Crippen LogP) is 13.1. The highest BCUT2D eigenvalue weighted by Crippen LogP contribution is 2.43. The summed E-state index contributed by atoms with van der Waals surface area (Å²) in [6.45, 7) is 2.20. The summed E-state index contributed by atoms with van der Waals surface area (Å²) in [5.74, 6) is -1.03. The molecule has 10 nitrogen and oxygen atoms in total.